The topological polar surface area (TPSA) is 204 Å². The van der Waals surface area contributed by atoms with Crippen LogP contribution in [-0.4, -0.2) is 100 Å². The Balaban J connectivity index is 1.33. The first kappa shape index (κ1) is 36.3. The largest absolute Gasteiger partial charge is 0.496 e. The van der Waals surface area contributed by atoms with Crippen LogP contribution in [0.4, 0.5) is 4.79 Å². The minimum absolute atomic E-state index is 0.0138. The number of methoxy groups -OCH3 is 1. The van der Waals surface area contributed by atoms with Crippen LogP contribution in [0.5, 0.6) is 5.75 Å². The van der Waals surface area contributed by atoms with E-state index in [-0.39, 0.29) is 26.0 Å². The molecule has 2 aliphatic carbocycles. The van der Waals surface area contributed by atoms with Crippen LogP contribution >= 0.6 is 0 Å². The molecule has 2 aromatic rings. The number of sulfonamides is 1. The number of nitrogens with zero attached hydrogens (tertiary/aromatic N) is 5. The van der Waals surface area contributed by atoms with E-state index in [0.717, 1.165) is 24.2 Å². The Hall–Kier alpha value is -4.54. The molecule has 4 aliphatic rings. The molecule has 51 heavy (non-hydrogen) atoms. The summed E-state index contributed by atoms with van der Waals surface area (Å²) in [5.41, 5.74) is -0.723. The van der Waals surface area contributed by atoms with Crippen molar-refractivity contribution in [2.45, 2.75) is 101 Å². The molecule has 6 rings (SSSR count). The third-order valence-electron chi connectivity index (χ3n) is 10.1. The number of hydrogen-bond acceptors (Lipinski definition) is 11. The summed E-state index contributed by atoms with van der Waals surface area (Å²) in [6.07, 6.45) is 4.80. The molecule has 1 aromatic carbocycles. The third kappa shape index (κ3) is 7.58. The molecular weight excluding hydrogens is 680 g/mol. The van der Waals surface area contributed by atoms with Crippen LogP contribution in [-0.2, 0) is 35.6 Å². The Morgan fingerprint density at radius 1 is 1.18 bits per heavy atom. The van der Waals surface area contributed by atoms with Crippen molar-refractivity contribution in [3.05, 3.63) is 42.2 Å². The molecule has 0 spiro atoms. The van der Waals surface area contributed by atoms with E-state index in [1.807, 2.05) is 18.2 Å². The van der Waals surface area contributed by atoms with Crippen LogP contribution in [0, 0.1) is 11.3 Å². The maximum Gasteiger partial charge on any atom is 0.407 e. The smallest absolute Gasteiger partial charge is 0.407 e. The average Bonchev–Trinajstić information content (AvgIpc) is 3.96. The van der Waals surface area contributed by atoms with Gasteiger partial charge in [-0.05, 0) is 85.8 Å². The van der Waals surface area contributed by atoms with Gasteiger partial charge >= 0.3 is 6.09 Å². The Labute approximate surface area is 297 Å². The first-order valence-corrected chi connectivity index (χ1v) is 18.9. The van der Waals surface area contributed by atoms with Crippen LogP contribution in [0.15, 0.2) is 30.9 Å². The van der Waals surface area contributed by atoms with Gasteiger partial charge < -0.3 is 25.0 Å². The van der Waals surface area contributed by atoms with Crippen molar-refractivity contribution in [2.24, 2.45) is 11.3 Å². The molecule has 1 aromatic heterocycles. The predicted octanol–water partition coefficient (Wildman–Crippen LogP) is 1.89. The molecule has 3 heterocycles. The Bertz CT molecular complexity index is 1820. The average molecular weight is 727 g/mol. The number of ether oxygens (including phenoxy) is 2. The highest BCUT2D eigenvalue weighted by molar-refractivity contribution is 7.91. The lowest BCUT2D eigenvalue weighted by molar-refractivity contribution is -0.142. The molecule has 6 bridgehead atoms. The van der Waals surface area contributed by atoms with Crippen molar-refractivity contribution in [3.8, 4) is 11.4 Å². The Kier molecular flexibility index (Phi) is 9.87. The number of aromatic nitrogens is 4. The second kappa shape index (κ2) is 13.9. The number of nitrogens with one attached hydrogen (secondary N) is 3. The van der Waals surface area contributed by atoms with Crippen molar-refractivity contribution in [1.29, 1.82) is 0 Å². The number of carbonyl (C=O) groups excluding carboxylic acids is 4. The van der Waals surface area contributed by atoms with Crippen LogP contribution in [0.3, 0.4) is 0 Å². The molecule has 17 heteroatoms. The number of amides is 4. The van der Waals surface area contributed by atoms with E-state index < -0.39 is 74.0 Å². The normalized spacial score (nSPS) is 27.2. The van der Waals surface area contributed by atoms with Gasteiger partial charge in [-0.3, -0.25) is 19.1 Å². The van der Waals surface area contributed by atoms with Crippen molar-refractivity contribution < 1.29 is 37.1 Å². The number of fused-ring (bicyclic) bond motifs is 8. The van der Waals surface area contributed by atoms with Gasteiger partial charge in [-0.2, -0.15) is 0 Å². The third-order valence-corrected chi connectivity index (χ3v) is 11.9. The molecule has 0 unspecified atom stereocenters. The van der Waals surface area contributed by atoms with Gasteiger partial charge in [0.1, 0.15) is 23.4 Å². The predicted molar refractivity (Wildman–Crippen MR) is 183 cm³/mol. The van der Waals surface area contributed by atoms with Gasteiger partial charge in [0, 0.05) is 18.4 Å². The van der Waals surface area contributed by atoms with Gasteiger partial charge in [-0.15, -0.1) is 21.6 Å². The Morgan fingerprint density at radius 2 is 1.94 bits per heavy atom. The molecule has 4 amide bonds. The van der Waals surface area contributed by atoms with E-state index in [1.54, 1.807) is 27.9 Å². The summed E-state index contributed by atoms with van der Waals surface area (Å²) in [4.78, 5) is 57.8. The summed E-state index contributed by atoms with van der Waals surface area (Å²) >= 11 is 0. The monoisotopic (exact) mass is 726 g/mol. The standard InChI is InChI=1S/C34H46N8O8S/c1-6-22-18-34(22,31(45)39-51(47,48)24-12-13-24)36-29(43)25-17-21-19-41(25)30(44)27(33(2,3)4)35-32(46)50-15-9-7-8-10-20-16-23(11-14-26(20)49-5)42-38-28(21)37-40-42/h6,11,14,16,21-22,24-25,27H,1,7-10,12-13,15,17-19H2,2-5H3,(H,35,46)(H,36,43)(H,39,45)/t21-,22-,25+,27-,34-/m1/s1. The van der Waals surface area contributed by atoms with E-state index >= 15 is 0 Å². The van der Waals surface area contributed by atoms with Crippen molar-refractivity contribution in [1.82, 2.24) is 40.5 Å². The lowest BCUT2D eigenvalue weighted by atomic mass is 9.85. The van der Waals surface area contributed by atoms with Crippen LogP contribution in [0.1, 0.15) is 83.0 Å². The van der Waals surface area contributed by atoms with E-state index in [1.165, 1.54) is 15.8 Å². The van der Waals surface area contributed by atoms with Crippen molar-refractivity contribution in [3.63, 3.8) is 0 Å². The summed E-state index contributed by atoms with van der Waals surface area (Å²) in [6, 6.07) is 3.38. The molecule has 2 saturated carbocycles. The number of carbonyl (C=O) groups is 4. The minimum Gasteiger partial charge on any atom is -0.496 e. The van der Waals surface area contributed by atoms with Crippen molar-refractivity contribution in [2.75, 3.05) is 20.3 Å². The number of benzene rings is 1. The van der Waals surface area contributed by atoms with Crippen molar-refractivity contribution >= 4 is 33.8 Å². The van der Waals surface area contributed by atoms with E-state index in [4.69, 9.17) is 9.47 Å². The van der Waals surface area contributed by atoms with E-state index in [0.29, 0.717) is 37.2 Å². The molecule has 16 nitrogen and oxygen atoms in total. The number of cyclic esters (lactones) is 1. The fraction of sp³-hybridized carbons (Fsp3) is 0.618. The first-order valence-electron chi connectivity index (χ1n) is 17.4. The molecule has 276 valence electrons. The molecule has 2 aliphatic heterocycles. The van der Waals surface area contributed by atoms with E-state index in [9.17, 15) is 27.6 Å². The molecule has 5 atom stereocenters. The zero-order chi connectivity index (χ0) is 36.7. The fourth-order valence-electron chi connectivity index (χ4n) is 6.85. The maximum atomic E-state index is 14.4. The summed E-state index contributed by atoms with van der Waals surface area (Å²) in [5, 5.41) is 18.1. The SMILES string of the molecule is C=C[C@@H]1C[C@]1(NC(=O)[C@@H]1C[C@@H]2CN1C(=O)[C@H](C(C)(C)C)NC(=O)OCCCCCc1cc(ccc1OC)-n1nnc2n1)C(=O)NS(=O)(=O)C1CC1. The Morgan fingerprint density at radius 3 is 2.61 bits per heavy atom. The highest BCUT2D eigenvalue weighted by Gasteiger charge is 2.62. The van der Waals surface area contributed by atoms with Gasteiger partial charge in [-0.1, -0.05) is 26.8 Å². The molecule has 3 fully saturated rings. The second-order valence-corrected chi connectivity index (χ2v) is 16.9. The summed E-state index contributed by atoms with van der Waals surface area (Å²) in [6.45, 7) is 9.31. The zero-order valence-corrected chi connectivity index (χ0v) is 30.2. The van der Waals surface area contributed by atoms with Gasteiger partial charge in [0.15, 0.2) is 5.82 Å². The fourth-order valence-corrected chi connectivity index (χ4v) is 8.21. The number of tetrazole rings is 1. The van der Waals surface area contributed by atoms with Gasteiger partial charge in [0.25, 0.3) is 5.91 Å². The summed E-state index contributed by atoms with van der Waals surface area (Å²) in [5.74, 6) is -2.06. The van der Waals surface area contributed by atoms with E-state index in [2.05, 4.69) is 37.3 Å². The molecule has 1 saturated heterocycles. The van der Waals surface area contributed by atoms with Gasteiger partial charge in [-0.25, -0.2) is 13.2 Å². The summed E-state index contributed by atoms with van der Waals surface area (Å²) in [7, 11) is -2.29. The highest BCUT2D eigenvalue weighted by Crippen LogP contribution is 2.46. The first-order chi connectivity index (χ1) is 24.2. The lowest BCUT2D eigenvalue weighted by Crippen LogP contribution is -2.60. The minimum atomic E-state index is -3.89. The quantitative estimate of drug-likeness (QED) is 0.352. The summed E-state index contributed by atoms with van der Waals surface area (Å²) < 4.78 is 38.5. The molecular formula is C34H46N8O8S. The van der Waals surface area contributed by atoms with Crippen LogP contribution in [0.2, 0.25) is 0 Å². The second-order valence-electron chi connectivity index (χ2n) is 14.9. The van der Waals surface area contributed by atoms with Gasteiger partial charge in [0.2, 0.25) is 21.8 Å². The number of hydrogen-bond donors (Lipinski definition) is 3. The highest BCUT2D eigenvalue weighted by atomic mass is 32.2. The van der Waals surface area contributed by atoms with Crippen LogP contribution in [0.25, 0.3) is 5.69 Å². The number of aryl methyl sites for hydroxylation is 1. The molecule has 0 radical (unpaired) electrons. The van der Waals surface area contributed by atoms with Crippen LogP contribution < -0.4 is 20.1 Å². The number of rotatable bonds is 7. The lowest BCUT2D eigenvalue weighted by Gasteiger charge is -2.35. The number of alkyl carbamates (subject to hydrolysis) is 1. The van der Waals surface area contributed by atoms with Gasteiger partial charge in [0.05, 0.1) is 24.7 Å². The maximum absolute atomic E-state index is 14.4. The molecule has 3 N–H and O–H groups in total. The zero-order valence-electron chi connectivity index (χ0n) is 29.4.